The van der Waals surface area contributed by atoms with E-state index in [0.717, 1.165) is 5.56 Å². The van der Waals surface area contributed by atoms with Gasteiger partial charge in [0.05, 0.1) is 23.9 Å². The third-order valence-corrected chi connectivity index (χ3v) is 4.29. The van der Waals surface area contributed by atoms with Gasteiger partial charge in [0.1, 0.15) is 17.5 Å². The van der Waals surface area contributed by atoms with Gasteiger partial charge >= 0.3 is 0 Å². The van der Waals surface area contributed by atoms with Crippen LogP contribution in [-0.4, -0.2) is 21.5 Å². The highest BCUT2D eigenvalue weighted by atomic mass is 19.1. The van der Waals surface area contributed by atoms with Gasteiger partial charge in [0.15, 0.2) is 0 Å². The van der Waals surface area contributed by atoms with Crippen LogP contribution in [0.15, 0.2) is 48.8 Å². The predicted molar refractivity (Wildman–Crippen MR) is 95.0 cm³/mol. The Morgan fingerprint density at radius 1 is 0.963 bits per heavy atom. The molecular formula is C20H14F3N3O. The number of nitrogens with zero attached hydrogens (tertiary/aromatic N) is 3. The van der Waals surface area contributed by atoms with Gasteiger partial charge in [-0.15, -0.1) is 0 Å². The zero-order valence-electron chi connectivity index (χ0n) is 14.5. The van der Waals surface area contributed by atoms with Crippen LogP contribution in [0.4, 0.5) is 13.2 Å². The Balaban J connectivity index is 2.17. The van der Waals surface area contributed by atoms with Gasteiger partial charge in [0.2, 0.25) is 11.7 Å². The fraction of sp³-hybridized carbons (Fsp3) is 0.100. The van der Waals surface area contributed by atoms with Gasteiger partial charge in [-0.2, -0.15) is 4.98 Å². The Morgan fingerprint density at radius 3 is 2.26 bits per heavy atom. The van der Waals surface area contributed by atoms with E-state index in [1.54, 1.807) is 10.6 Å². The van der Waals surface area contributed by atoms with E-state index in [2.05, 4.69) is 9.97 Å². The number of rotatable bonds is 3. The number of ether oxygens (including phenoxy) is 1. The van der Waals surface area contributed by atoms with E-state index in [4.69, 9.17) is 4.74 Å². The van der Waals surface area contributed by atoms with E-state index < -0.39 is 23.0 Å². The lowest BCUT2D eigenvalue weighted by Gasteiger charge is -2.17. The van der Waals surface area contributed by atoms with E-state index in [9.17, 15) is 13.2 Å². The van der Waals surface area contributed by atoms with E-state index in [1.165, 1.54) is 13.3 Å². The third kappa shape index (κ3) is 2.81. The zero-order valence-corrected chi connectivity index (χ0v) is 14.5. The number of aryl methyl sites for hydroxylation is 1. The summed E-state index contributed by atoms with van der Waals surface area (Å²) in [6, 6.07) is 8.68. The minimum absolute atomic E-state index is 0.00585. The monoisotopic (exact) mass is 369 g/mol. The molecule has 4 aromatic rings. The van der Waals surface area contributed by atoms with Gasteiger partial charge in [-0.05, 0) is 12.5 Å². The van der Waals surface area contributed by atoms with Crippen LogP contribution in [0.3, 0.4) is 0 Å². The van der Waals surface area contributed by atoms with Gasteiger partial charge in [-0.25, -0.2) is 18.2 Å². The summed E-state index contributed by atoms with van der Waals surface area (Å²) < 4.78 is 49.6. The van der Waals surface area contributed by atoms with Gasteiger partial charge in [-0.1, -0.05) is 29.8 Å². The Labute approximate surface area is 152 Å². The lowest BCUT2D eigenvalue weighted by atomic mass is 9.98. The van der Waals surface area contributed by atoms with Crippen molar-refractivity contribution in [2.45, 2.75) is 6.92 Å². The van der Waals surface area contributed by atoms with Crippen LogP contribution >= 0.6 is 0 Å². The molecule has 0 aliphatic rings. The smallest absolute Gasteiger partial charge is 0.237 e. The Bertz CT molecular complexity index is 1130. The van der Waals surface area contributed by atoms with E-state index in [1.807, 2.05) is 31.2 Å². The van der Waals surface area contributed by atoms with E-state index in [0.29, 0.717) is 29.2 Å². The summed E-state index contributed by atoms with van der Waals surface area (Å²) in [5.74, 6) is -2.77. The van der Waals surface area contributed by atoms with Crippen molar-refractivity contribution >= 4 is 5.78 Å². The normalized spacial score (nSPS) is 11.1. The first kappa shape index (κ1) is 17.1. The Kier molecular flexibility index (Phi) is 4.07. The number of hydrogen-bond donors (Lipinski definition) is 0. The molecule has 4 rings (SSSR count). The molecule has 0 amide bonds. The minimum Gasteiger partial charge on any atom is -0.480 e. The molecular weight excluding hydrogens is 355 g/mol. The molecule has 136 valence electrons. The average molecular weight is 369 g/mol. The first-order chi connectivity index (χ1) is 13.0. The highest BCUT2D eigenvalue weighted by Crippen LogP contribution is 2.41. The molecule has 27 heavy (non-hydrogen) atoms. The fourth-order valence-electron chi connectivity index (χ4n) is 3.07. The van der Waals surface area contributed by atoms with Gasteiger partial charge in [0, 0.05) is 24.5 Å². The topological polar surface area (TPSA) is 39.4 Å². The third-order valence-electron chi connectivity index (χ3n) is 4.29. The molecule has 0 atom stereocenters. The van der Waals surface area contributed by atoms with Crippen LogP contribution in [0, 0.1) is 24.4 Å². The second kappa shape index (κ2) is 6.42. The number of methoxy groups -OCH3 is 1. The first-order valence-corrected chi connectivity index (χ1v) is 8.12. The molecule has 0 aliphatic heterocycles. The van der Waals surface area contributed by atoms with E-state index >= 15 is 0 Å². The summed E-state index contributed by atoms with van der Waals surface area (Å²) >= 11 is 0. The Morgan fingerprint density at radius 2 is 1.63 bits per heavy atom. The molecule has 2 heterocycles. The molecule has 4 nitrogen and oxygen atoms in total. The SMILES string of the molecule is COc1nc2nccn2c(-c2ccc(C)cc2)c1-c1c(F)cc(F)cc1F. The van der Waals surface area contributed by atoms with Crippen molar-refractivity contribution in [1.29, 1.82) is 0 Å². The standard InChI is InChI=1S/C20H14F3N3O/c1-11-3-5-12(6-4-11)18-17(16-14(22)9-13(21)10-15(16)23)19(27-2)25-20-24-7-8-26(18)20/h3-10H,1-2H3. The van der Waals surface area contributed by atoms with Crippen molar-refractivity contribution in [1.82, 2.24) is 14.4 Å². The molecule has 0 N–H and O–H groups in total. The van der Waals surface area contributed by atoms with Crippen LogP contribution in [-0.2, 0) is 0 Å². The summed E-state index contributed by atoms with van der Waals surface area (Å²) in [7, 11) is 1.35. The quantitative estimate of drug-likeness (QED) is 0.521. The summed E-state index contributed by atoms with van der Waals surface area (Å²) in [6.07, 6.45) is 3.17. The van der Waals surface area contributed by atoms with Crippen LogP contribution in [0.25, 0.3) is 28.2 Å². The molecule has 0 saturated heterocycles. The lowest BCUT2D eigenvalue weighted by molar-refractivity contribution is 0.399. The zero-order chi connectivity index (χ0) is 19.1. The summed E-state index contributed by atoms with van der Waals surface area (Å²) in [5, 5.41) is 0. The summed E-state index contributed by atoms with van der Waals surface area (Å²) in [5.41, 5.74) is 1.83. The second-order valence-corrected chi connectivity index (χ2v) is 6.05. The fourth-order valence-corrected chi connectivity index (χ4v) is 3.07. The molecule has 0 bridgehead atoms. The van der Waals surface area contributed by atoms with Gasteiger partial charge in [-0.3, -0.25) is 4.40 Å². The summed E-state index contributed by atoms with van der Waals surface area (Å²) in [6.45, 7) is 1.93. The lowest BCUT2D eigenvalue weighted by Crippen LogP contribution is -2.05. The number of fused-ring (bicyclic) bond motifs is 1. The highest BCUT2D eigenvalue weighted by Gasteiger charge is 2.25. The van der Waals surface area contributed by atoms with Crippen molar-refractivity contribution in [3.05, 3.63) is 71.8 Å². The maximum absolute atomic E-state index is 14.6. The first-order valence-electron chi connectivity index (χ1n) is 8.12. The number of hydrogen-bond acceptors (Lipinski definition) is 3. The van der Waals surface area contributed by atoms with Crippen LogP contribution in [0.1, 0.15) is 5.56 Å². The van der Waals surface area contributed by atoms with Gasteiger partial charge < -0.3 is 4.74 Å². The average Bonchev–Trinajstić information content (AvgIpc) is 3.09. The summed E-state index contributed by atoms with van der Waals surface area (Å²) in [4.78, 5) is 8.39. The molecule has 0 saturated carbocycles. The number of aromatic nitrogens is 3. The maximum Gasteiger partial charge on any atom is 0.237 e. The van der Waals surface area contributed by atoms with Crippen molar-refractivity contribution < 1.29 is 17.9 Å². The number of imidazole rings is 1. The molecule has 2 aromatic heterocycles. The highest BCUT2D eigenvalue weighted by molar-refractivity contribution is 5.86. The minimum atomic E-state index is -1.04. The molecule has 0 aliphatic carbocycles. The van der Waals surface area contributed by atoms with Crippen LogP contribution < -0.4 is 4.74 Å². The van der Waals surface area contributed by atoms with Crippen molar-refractivity contribution in [3.63, 3.8) is 0 Å². The molecule has 2 aromatic carbocycles. The van der Waals surface area contributed by atoms with Crippen LogP contribution in [0.2, 0.25) is 0 Å². The molecule has 0 spiro atoms. The van der Waals surface area contributed by atoms with Crippen molar-refractivity contribution in [2.75, 3.05) is 7.11 Å². The molecule has 0 fully saturated rings. The van der Waals surface area contributed by atoms with Crippen LogP contribution in [0.5, 0.6) is 5.88 Å². The largest absolute Gasteiger partial charge is 0.480 e. The molecule has 0 radical (unpaired) electrons. The van der Waals surface area contributed by atoms with Gasteiger partial charge in [0.25, 0.3) is 0 Å². The number of benzene rings is 2. The van der Waals surface area contributed by atoms with Crippen molar-refractivity contribution in [3.8, 4) is 28.3 Å². The predicted octanol–water partition coefficient (Wildman–Crippen LogP) is 4.80. The maximum atomic E-state index is 14.6. The number of halogens is 3. The van der Waals surface area contributed by atoms with Crippen molar-refractivity contribution in [2.24, 2.45) is 0 Å². The Hall–Kier alpha value is -3.35. The second-order valence-electron chi connectivity index (χ2n) is 6.05. The molecule has 0 unspecified atom stereocenters. The van der Waals surface area contributed by atoms with E-state index in [-0.39, 0.29) is 11.4 Å². The molecule has 7 heteroatoms.